The topological polar surface area (TPSA) is 200 Å². The Kier molecular flexibility index (Phi) is 9.21. The van der Waals surface area contributed by atoms with E-state index in [1.807, 2.05) is 0 Å². The fraction of sp³-hybridized carbons (Fsp3) is 0.107. The molecule has 3 aromatic rings. The number of aliphatic carboxylic acids is 1. The summed E-state index contributed by atoms with van der Waals surface area (Å²) in [6, 6.07) is 11.4. The summed E-state index contributed by atoms with van der Waals surface area (Å²) in [7, 11) is 1.12. The zero-order valence-electron chi connectivity index (χ0n) is 20.8. The lowest BCUT2D eigenvalue weighted by atomic mass is 10.1. The molecule has 0 aliphatic carbocycles. The normalized spacial score (nSPS) is 12.1. The molecule has 0 saturated carbocycles. The highest BCUT2D eigenvalue weighted by Gasteiger charge is 2.22. The Morgan fingerprint density at radius 3 is 2.02 bits per heavy atom. The molecule has 12 heteroatoms. The average molecular weight is 552 g/mol. The summed E-state index contributed by atoms with van der Waals surface area (Å²) in [5, 5.41) is 57.8. The van der Waals surface area contributed by atoms with Gasteiger partial charge in [-0.2, -0.15) is 0 Å². The van der Waals surface area contributed by atoms with Crippen LogP contribution in [0.15, 0.2) is 66.4 Å². The van der Waals surface area contributed by atoms with Gasteiger partial charge in [0.1, 0.15) is 0 Å². The Labute approximate surface area is 226 Å². The molecule has 0 aliphatic rings. The molecule has 0 unspecified atom stereocenters. The van der Waals surface area contributed by atoms with Gasteiger partial charge in [-0.1, -0.05) is 18.2 Å². The number of aromatic hydroxyl groups is 5. The zero-order chi connectivity index (χ0) is 29.4. The maximum atomic E-state index is 12.2. The van der Waals surface area contributed by atoms with Gasteiger partial charge in [-0.15, -0.1) is 0 Å². The monoisotopic (exact) mass is 552 g/mol. The molecule has 40 heavy (non-hydrogen) atoms. The van der Waals surface area contributed by atoms with E-state index in [0.717, 1.165) is 19.3 Å². The Morgan fingerprint density at radius 1 is 0.800 bits per heavy atom. The third-order valence-corrected chi connectivity index (χ3v) is 5.29. The van der Waals surface area contributed by atoms with Gasteiger partial charge in [0.2, 0.25) is 11.9 Å². The van der Waals surface area contributed by atoms with Gasteiger partial charge >= 0.3 is 17.9 Å². The summed E-state index contributed by atoms with van der Waals surface area (Å²) >= 11 is 0. The number of rotatable bonds is 10. The lowest BCUT2D eigenvalue weighted by Gasteiger charge is -2.13. The number of esters is 2. The lowest BCUT2D eigenvalue weighted by Crippen LogP contribution is -2.28. The van der Waals surface area contributed by atoms with Gasteiger partial charge in [-0.3, -0.25) is 0 Å². The molecule has 0 heterocycles. The molecular formula is C28H24O12. The van der Waals surface area contributed by atoms with Gasteiger partial charge < -0.3 is 44.8 Å². The molecule has 6 N–H and O–H groups in total. The summed E-state index contributed by atoms with van der Waals surface area (Å²) in [6.45, 7) is 0. The van der Waals surface area contributed by atoms with Crippen molar-refractivity contribution in [2.24, 2.45) is 0 Å². The number of carboxylic acids is 1. The SMILES string of the molecule is COC(=O)/C(=C/c1ccc(O)c(O)c1)Oc1ccc(/C=C/C(=O)O[C@@H](Cc2ccc(O)c(O)c2)C(=O)O)cc1O. The molecule has 0 radical (unpaired) electrons. The molecule has 208 valence electrons. The van der Waals surface area contributed by atoms with Crippen LogP contribution in [-0.4, -0.2) is 61.8 Å². The highest BCUT2D eigenvalue weighted by molar-refractivity contribution is 5.92. The van der Waals surface area contributed by atoms with E-state index in [1.165, 1.54) is 60.7 Å². The molecule has 3 aromatic carbocycles. The van der Waals surface area contributed by atoms with Gasteiger partial charge in [-0.25, -0.2) is 14.4 Å². The highest BCUT2D eigenvalue weighted by Crippen LogP contribution is 2.31. The predicted octanol–water partition coefficient (Wildman–Crippen LogP) is 3.06. The van der Waals surface area contributed by atoms with Gasteiger partial charge in [0.05, 0.1) is 7.11 Å². The van der Waals surface area contributed by atoms with Crippen molar-refractivity contribution in [1.82, 2.24) is 0 Å². The third-order valence-electron chi connectivity index (χ3n) is 5.29. The lowest BCUT2D eigenvalue weighted by molar-refractivity contribution is -0.160. The Bertz CT molecular complexity index is 1490. The molecule has 0 aliphatic heterocycles. The van der Waals surface area contributed by atoms with Crippen LogP contribution >= 0.6 is 0 Å². The molecule has 0 amide bonds. The van der Waals surface area contributed by atoms with Crippen molar-refractivity contribution in [3.8, 4) is 34.5 Å². The second-order valence-corrected chi connectivity index (χ2v) is 8.20. The highest BCUT2D eigenvalue weighted by atomic mass is 16.6. The molecule has 0 fully saturated rings. The van der Waals surface area contributed by atoms with Crippen molar-refractivity contribution < 1.29 is 59.2 Å². The number of carbonyl (C=O) groups is 3. The summed E-state index contributed by atoms with van der Waals surface area (Å²) in [5.41, 5.74) is 0.891. The number of carbonyl (C=O) groups excluding carboxylic acids is 2. The largest absolute Gasteiger partial charge is 0.504 e. The van der Waals surface area contributed by atoms with Gasteiger partial charge in [-0.05, 0) is 65.2 Å². The Balaban J connectivity index is 1.71. The second-order valence-electron chi connectivity index (χ2n) is 8.20. The number of ether oxygens (including phenoxy) is 3. The number of carboxylic acid groups (broad SMARTS) is 1. The van der Waals surface area contributed by atoms with Crippen LogP contribution in [0.2, 0.25) is 0 Å². The molecule has 3 rings (SSSR count). The van der Waals surface area contributed by atoms with Gasteiger partial charge in [0.15, 0.2) is 34.5 Å². The quantitative estimate of drug-likeness (QED) is 0.0931. The number of hydrogen-bond donors (Lipinski definition) is 6. The molecule has 0 bridgehead atoms. The van der Waals surface area contributed by atoms with Crippen LogP contribution in [0, 0.1) is 0 Å². The van der Waals surface area contributed by atoms with Crippen LogP contribution in [0.1, 0.15) is 16.7 Å². The van der Waals surface area contributed by atoms with Crippen molar-refractivity contribution in [2.45, 2.75) is 12.5 Å². The number of hydrogen-bond acceptors (Lipinski definition) is 11. The average Bonchev–Trinajstić information content (AvgIpc) is 2.91. The van der Waals surface area contributed by atoms with E-state index in [0.29, 0.717) is 11.1 Å². The minimum Gasteiger partial charge on any atom is -0.504 e. The molecular weight excluding hydrogens is 528 g/mol. The van der Waals surface area contributed by atoms with Crippen LogP contribution < -0.4 is 4.74 Å². The van der Waals surface area contributed by atoms with E-state index >= 15 is 0 Å². The van der Waals surface area contributed by atoms with Crippen LogP contribution in [0.25, 0.3) is 12.2 Å². The Morgan fingerprint density at radius 2 is 1.43 bits per heavy atom. The van der Waals surface area contributed by atoms with Gasteiger partial charge in [0, 0.05) is 12.5 Å². The van der Waals surface area contributed by atoms with Crippen LogP contribution in [-0.2, 0) is 30.3 Å². The summed E-state index contributed by atoms with van der Waals surface area (Å²) in [5.74, 6) is -5.86. The Hall–Kier alpha value is -5.65. The molecule has 12 nitrogen and oxygen atoms in total. The van der Waals surface area contributed by atoms with Crippen LogP contribution in [0.5, 0.6) is 34.5 Å². The first-order valence-electron chi connectivity index (χ1n) is 11.4. The van der Waals surface area contributed by atoms with Crippen LogP contribution in [0.4, 0.5) is 0 Å². The number of methoxy groups -OCH3 is 1. The molecule has 1 atom stereocenters. The summed E-state index contributed by atoms with van der Waals surface area (Å²) < 4.78 is 15.1. The van der Waals surface area contributed by atoms with Crippen LogP contribution in [0.3, 0.4) is 0 Å². The maximum absolute atomic E-state index is 12.2. The van der Waals surface area contributed by atoms with E-state index in [2.05, 4.69) is 4.74 Å². The van der Waals surface area contributed by atoms with Crippen molar-refractivity contribution >= 4 is 30.1 Å². The minimum atomic E-state index is -1.58. The van der Waals surface area contributed by atoms with E-state index in [9.17, 15) is 45.0 Å². The minimum absolute atomic E-state index is 0.150. The zero-order valence-corrected chi connectivity index (χ0v) is 20.8. The summed E-state index contributed by atoms with van der Waals surface area (Å²) in [4.78, 5) is 35.9. The first-order valence-corrected chi connectivity index (χ1v) is 11.4. The fourth-order valence-corrected chi connectivity index (χ4v) is 3.29. The number of phenols is 5. The van der Waals surface area contributed by atoms with E-state index in [4.69, 9.17) is 9.47 Å². The fourth-order valence-electron chi connectivity index (χ4n) is 3.29. The third kappa shape index (κ3) is 7.68. The van der Waals surface area contributed by atoms with E-state index in [-0.39, 0.29) is 35.0 Å². The standard InChI is InChI=1S/C28H24O12/c1-38-28(37)25(14-17-3-7-19(30)21(32)12-17)39-23-8-4-15(10-22(23)33)5-9-26(34)40-24(27(35)36)13-16-2-6-18(29)20(31)11-16/h2-12,14,24,29-33H,13H2,1H3,(H,35,36)/b9-5+,25-14-/t24-/m0/s1. The predicted molar refractivity (Wildman–Crippen MR) is 139 cm³/mol. The first-order chi connectivity index (χ1) is 19.0. The van der Waals surface area contributed by atoms with Crippen molar-refractivity contribution in [3.05, 3.63) is 83.1 Å². The smallest absolute Gasteiger partial charge is 0.373 e. The number of benzene rings is 3. The molecule has 0 aromatic heterocycles. The maximum Gasteiger partial charge on any atom is 0.373 e. The summed E-state index contributed by atoms with van der Waals surface area (Å²) in [6.07, 6.45) is 1.55. The van der Waals surface area contributed by atoms with Gasteiger partial charge in [0.25, 0.3) is 0 Å². The van der Waals surface area contributed by atoms with Crippen molar-refractivity contribution in [2.75, 3.05) is 7.11 Å². The van der Waals surface area contributed by atoms with Crippen molar-refractivity contribution in [1.29, 1.82) is 0 Å². The second kappa shape index (κ2) is 12.7. The first kappa shape index (κ1) is 28.9. The molecule has 0 spiro atoms. The van der Waals surface area contributed by atoms with E-state index < -0.39 is 41.3 Å². The number of phenolic OH excluding ortho intramolecular Hbond substituents is 5. The van der Waals surface area contributed by atoms with E-state index in [1.54, 1.807) is 0 Å². The molecule has 0 saturated heterocycles. The van der Waals surface area contributed by atoms with Crippen molar-refractivity contribution in [3.63, 3.8) is 0 Å².